The molecule has 0 saturated carbocycles. The Bertz CT molecular complexity index is 714. The topological polar surface area (TPSA) is 39.3 Å². The van der Waals surface area contributed by atoms with Crippen LogP contribution in [0.2, 0.25) is 0 Å². The van der Waals surface area contributed by atoms with E-state index in [-0.39, 0.29) is 0 Å². The van der Waals surface area contributed by atoms with Crippen molar-refractivity contribution in [2.24, 2.45) is 0 Å². The van der Waals surface area contributed by atoms with Gasteiger partial charge in [-0.2, -0.15) is 0 Å². The van der Waals surface area contributed by atoms with Crippen LogP contribution in [0.25, 0.3) is 11.3 Å². The first kappa shape index (κ1) is 13.7. The van der Waals surface area contributed by atoms with E-state index < -0.39 is 5.60 Å². The van der Waals surface area contributed by atoms with Crippen LogP contribution in [0.5, 0.6) is 0 Å². The van der Waals surface area contributed by atoms with Crippen LogP contribution in [-0.4, -0.2) is 22.0 Å². The monoisotopic (exact) mass is 280 g/mol. The molecule has 3 nitrogen and oxygen atoms in total. The molecular weight excluding hydrogens is 260 g/mol. The zero-order valence-corrected chi connectivity index (χ0v) is 12.6. The third kappa shape index (κ3) is 2.30. The second kappa shape index (κ2) is 4.64. The Morgan fingerprint density at radius 3 is 2.43 bits per heavy atom. The van der Waals surface area contributed by atoms with Gasteiger partial charge in [0.15, 0.2) is 0 Å². The lowest BCUT2D eigenvalue weighted by Crippen LogP contribution is -2.16. The third-order valence-corrected chi connectivity index (χ3v) is 3.98. The number of hydrogen-bond acceptors (Lipinski definition) is 2. The molecule has 108 valence electrons. The van der Waals surface area contributed by atoms with Gasteiger partial charge in [0.05, 0.1) is 17.0 Å². The average molecular weight is 280 g/mol. The van der Waals surface area contributed by atoms with E-state index in [4.69, 9.17) is 0 Å². The average Bonchev–Trinajstić information content (AvgIpc) is 2.92. The summed E-state index contributed by atoms with van der Waals surface area (Å²) in [6.07, 6.45) is 4.03. The number of aromatic nitrogens is 1. The van der Waals surface area contributed by atoms with E-state index in [9.17, 15) is 5.11 Å². The number of rotatable bonds is 2. The van der Waals surface area contributed by atoms with Crippen molar-refractivity contribution in [3.8, 4) is 0 Å². The van der Waals surface area contributed by atoms with Gasteiger partial charge < -0.3 is 15.0 Å². The van der Waals surface area contributed by atoms with Crippen molar-refractivity contribution in [1.29, 1.82) is 0 Å². The normalized spacial score (nSPS) is 15.0. The largest absolute Gasteiger partial charge is 0.386 e. The first-order valence-electron chi connectivity index (χ1n) is 7.03. The molecule has 0 aliphatic carbocycles. The number of nitrogens with zero attached hydrogens (tertiary/aromatic N) is 1. The lowest BCUT2D eigenvalue weighted by atomic mass is 9.92. The number of aromatic amines is 1. The molecular formula is C18H20N2O. The minimum Gasteiger partial charge on any atom is -0.386 e. The van der Waals surface area contributed by atoms with Gasteiger partial charge in [-0.1, -0.05) is 30.8 Å². The van der Waals surface area contributed by atoms with Crippen molar-refractivity contribution in [3.63, 3.8) is 0 Å². The summed E-state index contributed by atoms with van der Waals surface area (Å²) in [6.45, 7) is 7.69. The lowest BCUT2D eigenvalue weighted by Gasteiger charge is -2.26. The molecule has 21 heavy (non-hydrogen) atoms. The molecule has 3 heteroatoms. The quantitative estimate of drug-likeness (QED) is 0.883. The van der Waals surface area contributed by atoms with Gasteiger partial charge in [-0.25, -0.2) is 0 Å². The van der Waals surface area contributed by atoms with Crippen LogP contribution in [0.3, 0.4) is 0 Å². The van der Waals surface area contributed by atoms with Crippen molar-refractivity contribution < 1.29 is 5.11 Å². The highest BCUT2D eigenvalue weighted by molar-refractivity contribution is 5.88. The highest BCUT2D eigenvalue weighted by Crippen LogP contribution is 2.35. The van der Waals surface area contributed by atoms with Crippen molar-refractivity contribution in [2.75, 3.05) is 7.05 Å². The molecule has 0 spiro atoms. The molecule has 1 aliphatic rings. The number of aliphatic hydroxyl groups is 1. The summed E-state index contributed by atoms with van der Waals surface area (Å²) in [7, 11) is 2.00. The number of benzene rings is 1. The summed E-state index contributed by atoms with van der Waals surface area (Å²) in [5, 5.41) is 10.1. The van der Waals surface area contributed by atoms with E-state index in [1.165, 1.54) is 0 Å². The van der Waals surface area contributed by atoms with E-state index in [2.05, 4.69) is 36.0 Å². The van der Waals surface area contributed by atoms with Gasteiger partial charge in [-0.15, -0.1) is 0 Å². The van der Waals surface area contributed by atoms with Crippen molar-refractivity contribution >= 4 is 11.3 Å². The Morgan fingerprint density at radius 2 is 1.81 bits per heavy atom. The summed E-state index contributed by atoms with van der Waals surface area (Å²) in [6, 6.07) is 10.1. The smallest absolute Gasteiger partial charge is 0.0840 e. The van der Waals surface area contributed by atoms with Crippen LogP contribution < -0.4 is 0 Å². The number of hydrogen-bond donors (Lipinski definition) is 2. The molecule has 0 amide bonds. The molecule has 2 N–H and O–H groups in total. The summed E-state index contributed by atoms with van der Waals surface area (Å²) in [5.74, 6) is 0. The van der Waals surface area contributed by atoms with E-state index in [1.54, 1.807) is 13.8 Å². The fourth-order valence-electron chi connectivity index (χ4n) is 2.64. The van der Waals surface area contributed by atoms with Crippen LogP contribution >= 0.6 is 0 Å². The molecule has 0 fully saturated rings. The highest BCUT2D eigenvalue weighted by atomic mass is 16.3. The molecule has 1 aliphatic heterocycles. The molecule has 0 atom stereocenters. The van der Waals surface area contributed by atoms with Gasteiger partial charge in [0.1, 0.15) is 0 Å². The predicted octanol–water partition coefficient (Wildman–Crippen LogP) is 3.55. The molecule has 1 aromatic carbocycles. The summed E-state index contributed by atoms with van der Waals surface area (Å²) >= 11 is 0. The minimum atomic E-state index is -0.816. The Labute approximate surface area is 125 Å². The summed E-state index contributed by atoms with van der Waals surface area (Å²) < 4.78 is 0. The standard InChI is InChI=1S/C18H20N2O/c1-12-17-15(9-10-19-17)16(11-20(12)4)13-5-7-14(8-6-13)18(2,3)21/h5-11,19,21H,1H2,2-4H3. The molecule has 0 bridgehead atoms. The molecule has 3 rings (SSSR count). The maximum Gasteiger partial charge on any atom is 0.0840 e. The number of H-pyrrole nitrogens is 1. The van der Waals surface area contributed by atoms with Crippen LogP contribution in [0.1, 0.15) is 36.2 Å². The van der Waals surface area contributed by atoms with E-state index in [0.29, 0.717) is 0 Å². The van der Waals surface area contributed by atoms with Gasteiger partial charge in [-0.05, 0) is 31.0 Å². The van der Waals surface area contributed by atoms with Gasteiger partial charge in [0, 0.05) is 30.6 Å². The van der Waals surface area contributed by atoms with Crippen LogP contribution in [0, 0.1) is 0 Å². The van der Waals surface area contributed by atoms with Crippen LogP contribution in [0.15, 0.2) is 49.3 Å². The molecule has 0 radical (unpaired) electrons. The molecule has 0 saturated heterocycles. The maximum absolute atomic E-state index is 10.1. The molecule has 1 aromatic heterocycles. The Kier molecular flexibility index (Phi) is 3.03. The first-order valence-corrected chi connectivity index (χ1v) is 7.03. The Hall–Kier alpha value is -2.26. The third-order valence-electron chi connectivity index (χ3n) is 3.98. The van der Waals surface area contributed by atoms with E-state index >= 15 is 0 Å². The van der Waals surface area contributed by atoms with Crippen LogP contribution in [0.4, 0.5) is 0 Å². The highest BCUT2D eigenvalue weighted by Gasteiger charge is 2.21. The van der Waals surface area contributed by atoms with Crippen molar-refractivity contribution in [1.82, 2.24) is 9.88 Å². The first-order chi connectivity index (χ1) is 9.88. The number of nitrogens with one attached hydrogen (secondary N) is 1. The summed E-state index contributed by atoms with van der Waals surface area (Å²) in [5.41, 5.74) is 5.56. The zero-order chi connectivity index (χ0) is 15.2. The molecule has 2 aromatic rings. The Balaban J connectivity index is 2.05. The van der Waals surface area contributed by atoms with Gasteiger partial charge in [0.2, 0.25) is 0 Å². The SMILES string of the molecule is C=C1c2[nH]ccc2C(c2ccc(C(C)(C)O)cc2)=CN1C. The van der Waals surface area contributed by atoms with Gasteiger partial charge in [-0.3, -0.25) is 0 Å². The van der Waals surface area contributed by atoms with Crippen LogP contribution in [-0.2, 0) is 5.60 Å². The minimum absolute atomic E-state index is 0.816. The zero-order valence-electron chi connectivity index (χ0n) is 12.6. The molecule has 2 heterocycles. The predicted molar refractivity (Wildman–Crippen MR) is 86.4 cm³/mol. The maximum atomic E-state index is 10.1. The number of fused-ring (bicyclic) bond motifs is 1. The summed E-state index contributed by atoms with van der Waals surface area (Å²) in [4.78, 5) is 5.28. The second-order valence-corrected chi connectivity index (χ2v) is 6.00. The van der Waals surface area contributed by atoms with E-state index in [1.807, 2.05) is 30.3 Å². The van der Waals surface area contributed by atoms with Gasteiger partial charge >= 0.3 is 0 Å². The lowest BCUT2D eigenvalue weighted by molar-refractivity contribution is 0.0786. The van der Waals surface area contributed by atoms with Gasteiger partial charge in [0.25, 0.3) is 0 Å². The Morgan fingerprint density at radius 1 is 1.14 bits per heavy atom. The van der Waals surface area contributed by atoms with Crippen molar-refractivity contribution in [3.05, 3.63) is 71.7 Å². The van der Waals surface area contributed by atoms with E-state index in [0.717, 1.165) is 33.7 Å². The molecule has 0 unspecified atom stereocenters. The fourth-order valence-corrected chi connectivity index (χ4v) is 2.64. The fraction of sp³-hybridized carbons (Fsp3) is 0.222. The van der Waals surface area contributed by atoms with Crippen molar-refractivity contribution in [2.45, 2.75) is 19.4 Å². The second-order valence-electron chi connectivity index (χ2n) is 6.00.